The van der Waals surface area contributed by atoms with E-state index in [-0.39, 0.29) is 46.4 Å². The fraction of sp³-hybridized carbons (Fsp3) is 0.457. The molecule has 17 heteroatoms. The molecule has 0 saturated carbocycles. The maximum atomic E-state index is 13.9. The van der Waals surface area contributed by atoms with Crippen LogP contribution in [0.15, 0.2) is 46.8 Å². The van der Waals surface area contributed by atoms with Crippen LogP contribution in [0.3, 0.4) is 0 Å². The fourth-order valence-electron chi connectivity index (χ4n) is 6.61. The first-order valence-electron chi connectivity index (χ1n) is 17.1. The Hall–Kier alpha value is -4.09. The number of thiazole rings is 1. The smallest absolute Gasteiger partial charge is 0.434 e. The number of anilines is 1. The molecule has 280 valence electrons. The highest BCUT2D eigenvalue weighted by atomic mass is 35.5. The lowest BCUT2D eigenvalue weighted by molar-refractivity contribution is -0.140. The Balaban J connectivity index is 0.00000523. The van der Waals surface area contributed by atoms with E-state index in [0.717, 1.165) is 75.5 Å². The standard InChI is InChI=1S/C35H41F3N8O4S.ClH/c1-3-40-34(49)43-30-16-24(32-42-29(21-51-32)35(36,37)38)26(17-41-30)23-5-6-28-25(15-23)31(47)27(33(48)50-4-2)20-46(28)19-22-7-10-45(18-22)14-13-44-11-8-39-9-12-44;/h5-6,15-17,20-22,39H,3-4,7-14,18-19H2,1-2H3,(H2,40,41,43,49);1H/t22-;/m1./s1. The number of carbonyl (C=O) groups is 2. The second-order valence-electron chi connectivity index (χ2n) is 12.7. The number of aromatic nitrogens is 3. The van der Waals surface area contributed by atoms with E-state index in [1.165, 1.54) is 12.3 Å². The lowest BCUT2D eigenvalue weighted by Crippen LogP contribution is -2.46. The molecular weight excluding hydrogens is 721 g/mol. The number of halogens is 4. The summed E-state index contributed by atoms with van der Waals surface area (Å²) in [5.74, 6) is -0.324. The Kier molecular flexibility index (Phi) is 12.9. The number of fused-ring (bicyclic) bond motifs is 1. The van der Waals surface area contributed by atoms with Crippen LogP contribution >= 0.6 is 23.7 Å². The molecule has 2 fully saturated rings. The summed E-state index contributed by atoms with van der Waals surface area (Å²) in [6.07, 6.45) is -0.674. The summed E-state index contributed by atoms with van der Waals surface area (Å²) in [5.41, 5.74) is 0.123. The van der Waals surface area contributed by atoms with Crippen LogP contribution < -0.4 is 21.4 Å². The Labute approximate surface area is 309 Å². The molecule has 5 heterocycles. The molecule has 2 saturated heterocycles. The van der Waals surface area contributed by atoms with Crippen LogP contribution in [0, 0.1) is 5.92 Å². The summed E-state index contributed by atoms with van der Waals surface area (Å²) in [5, 5.41) is 9.81. The van der Waals surface area contributed by atoms with Crippen molar-refractivity contribution in [2.24, 2.45) is 5.92 Å². The average molecular weight is 763 g/mol. The van der Waals surface area contributed by atoms with Crippen LogP contribution in [0.5, 0.6) is 0 Å². The molecule has 3 N–H and O–H groups in total. The third-order valence-electron chi connectivity index (χ3n) is 9.16. The molecule has 0 radical (unpaired) electrons. The summed E-state index contributed by atoms with van der Waals surface area (Å²) in [4.78, 5) is 52.3. The second-order valence-corrected chi connectivity index (χ2v) is 13.5. The normalized spacial score (nSPS) is 16.8. The van der Waals surface area contributed by atoms with Crippen molar-refractivity contribution >= 4 is 52.5 Å². The van der Waals surface area contributed by atoms with Gasteiger partial charge in [0.1, 0.15) is 16.4 Å². The minimum Gasteiger partial charge on any atom is -0.462 e. The van der Waals surface area contributed by atoms with E-state index in [1.54, 1.807) is 38.2 Å². The monoisotopic (exact) mass is 762 g/mol. The lowest BCUT2D eigenvalue weighted by Gasteiger charge is -2.29. The average Bonchev–Trinajstić information content (AvgIpc) is 3.80. The quantitative estimate of drug-likeness (QED) is 0.177. The molecule has 0 unspecified atom stereocenters. The zero-order chi connectivity index (χ0) is 36.1. The first-order valence-corrected chi connectivity index (χ1v) is 18.0. The molecule has 4 aromatic rings. The van der Waals surface area contributed by atoms with Gasteiger partial charge >= 0.3 is 18.2 Å². The molecule has 12 nitrogen and oxygen atoms in total. The number of urea groups is 1. The van der Waals surface area contributed by atoms with Crippen molar-refractivity contribution in [2.75, 3.05) is 70.8 Å². The topological polar surface area (TPSA) is 134 Å². The molecule has 0 aliphatic carbocycles. The first kappa shape index (κ1) is 39.1. The van der Waals surface area contributed by atoms with E-state index in [1.807, 2.05) is 4.57 Å². The van der Waals surface area contributed by atoms with E-state index < -0.39 is 29.3 Å². The molecular formula is C35H42ClF3N8O4S. The van der Waals surface area contributed by atoms with Gasteiger partial charge in [0.2, 0.25) is 5.43 Å². The number of rotatable bonds is 11. The fourth-order valence-corrected chi connectivity index (χ4v) is 7.47. The number of pyridine rings is 2. The van der Waals surface area contributed by atoms with Crippen molar-refractivity contribution in [1.29, 1.82) is 0 Å². The molecule has 52 heavy (non-hydrogen) atoms. The number of hydrogen-bond donors (Lipinski definition) is 3. The van der Waals surface area contributed by atoms with E-state index in [0.29, 0.717) is 35.7 Å². The number of ether oxygens (including phenoxy) is 1. The highest BCUT2D eigenvalue weighted by Gasteiger charge is 2.34. The maximum Gasteiger partial charge on any atom is 0.434 e. The number of alkyl halides is 3. The van der Waals surface area contributed by atoms with E-state index in [4.69, 9.17) is 4.74 Å². The second kappa shape index (κ2) is 17.2. The SMILES string of the molecule is CCNC(=O)Nc1cc(-c2nc(C(F)(F)F)cs2)c(-c2ccc3c(c2)c(=O)c(C(=O)OCC)cn3C[C@@H]2CCN(CCN3CCNCC3)C2)cn1.Cl. The minimum absolute atomic E-state index is 0. The molecule has 0 spiro atoms. The number of carbonyl (C=O) groups excluding carboxylic acids is 2. The van der Waals surface area contributed by atoms with Crippen LogP contribution in [0.25, 0.3) is 32.6 Å². The summed E-state index contributed by atoms with van der Waals surface area (Å²) >= 11 is 0.803. The lowest BCUT2D eigenvalue weighted by atomic mass is 9.99. The number of nitrogens with one attached hydrogen (secondary N) is 3. The highest BCUT2D eigenvalue weighted by molar-refractivity contribution is 7.13. The van der Waals surface area contributed by atoms with Gasteiger partial charge in [-0.25, -0.2) is 19.6 Å². The largest absolute Gasteiger partial charge is 0.462 e. The van der Waals surface area contributed by atoms with Crippen LogP contribution in [0.1, 0.15) is 36.3 Å². The van der Waals surface area contributed by atoms with Crippen molar-refractivity contribution in [1.82, 2.24) is 35.0 Å². The van der Waals surface area contributed by atoms with Crippen LogP contribution in [-0.4, -0.2) is 102 Å². The number of hydrogen-bond acceptors (Lipinski definition) is 10. The Bertz CT molecular complexity index is 1950. The van der Waals surface area contributed by atoms with E-state index in [2.05, 4.69) is 35.7 Å². The Morgan fingerprint density at radius 3 is 2.56 bits per heavy atom. The number of esters is 1. The third-order valence-corrected chi connectivity index (χ3v) is 10.0. The van der Waals surface area contributed by atoms with Crippen LogP contribution in [0.2, 0.25) is 0 Å². The van der Waals surface area contributed by atoms with Crippen LogP contribution in [0.4, 0.5) is 23.8 Å². The summed E-state index contributed by atoms with van der Waals surface area (Å²) in [6, 6.07) is 6.11. The zero-order valence-corrected chi connectivity index (χ0v) is 30.6. The van der Waals surface area contributed by atoms with Gasteiger partial charge in [-0.05, 0) is 56.5 Å². The van der Waals surface area contributed by atoms with Crippen molar-refractivity contribution in [2.45, 2.75) is 33.0 Å². The molecule has 2 amide bonds. The number of benzene rings is 1. The maximum absolute atomic E-state index is 13.9. The number of nitrogens with zero attached hydrogens (tertiary/aromatic N) is 5. The molecule has 0 bridgehead atoms. The molecule has 2 aliphatic heterocycles. The molecule has 1 atom stereocenters. The number of likely N-dealkylation sites (tertiary alicyclic amines) is 1. The summed E-state index contributed by atoms with van der Waals surface area (Å²) in [7, 11) is 0. The van der Waals surface area contributed by atoms with Crippen molar-refractivity contribution in [3.63, 3.8) is 0 Å². The Morgan fingerprint density at radius 1 is 1.08 bits per heavy atom. The number of amides is 2. The molecule has 1 aromatic carbocycles. The minimum atomic E-state index is -4.65. The summed E-state index contributed by atoms with van der Waals surface area (Å²) < 4.78 is 47.9. The predicted molar refractivity (Wildman–Crippen MR) is 197 cm³/mol. The summed E-state index contributed by atoms with van der Waals surface area (Å²) in [6.45, 7) is 12.4. The van der Waals surface area contributed by atoms with Gasteiger partial charge in [-0.15, -0.1) is 23.7 Å². The van der Waals surface area contributed by atoms with Gasteiger partial charge in [0.25, 0.3) is 0 Å². The third kappa shape index (κ3) is 9.09. The van der Waals surface area contributed by atoms with Crippen molar-refractivity contribution in [3.8, 4) is 21.7 Å². The highest BCUT2D eigenvalue weighted by Crippen LogP contribution is 2.39. The van der Waals surface area contributed by atoms with Gasteiger partial charge in [0, 0.05) is 93.2 Å². The molecule has 2 aliphatic rings. The van der Waals surface area contributed by atoms with E-state index >= 15 is 0 Å². The van der Waals surface area contributed by atoms with Crippen molar-refractivity contribution < 1.29 is 27.5 Å². The van der Waals surface area contributed by atoms with Gasteiger partial charge in [-0.2, -0.15) is 13.2 Å². The zero-order valence-electron chi connectivity index (χ0n) is 28.9. The van der Waals surface area contributed by atoms with Gasteiger partial charge in [0.05, 0.1) is 12.1 Å². The van der Waals surface area contributed by atoms with E-state index in [9.17, 15) is 27.6 Å². The van der Waals surface area contributed by atoms with Crippen molar-refractivity contribution in [3.05, 3.63) is 63.5 Å². The van der Waals surface area contributed by atoms with Gasteiger partial charge in [-0.1, -0.05) is 6.07 Å². The van der Waals surface area contributed by atoms with Crippen LogP contribution in [-0.2, 0) is 17.5 Å². The first-order chi connectivity index (χ1) is 24.5. The van der Waals surface area contributed by atoms with Gasteiger partial charge < -0.3 is 24.8 Å². The van der Waals surface area contributed by atoms with Gasteiger partial charge in [-0.3, -0.25) is 15.0 Å². The number of piperazine rings is 1. The molecule has 6 rings (SSSR count). The predicted octanol–water partition coefficient (Wildman–Crippen LogP) is 5.17. The Morgan fingerprint density at radius 2 is 1.85 bits per heavy atom. The van der Waals surface area contributed by atoms with Gasteiger partial charge in [0.15, 0.2) is 5.69 Å². The molecule has 3 aromatic heterocycles.